The van der Waals surface area contributed by atoms with Gasteiger partial charge in [0.1, 0.15) is 5.60 Å². The van der Waals surface area contributed by atoms with Gasteiger partial charge >= 0.3 is 0 Å². The number of carbonyl (C=O) groups excluding carboxylic acids is 2. The molecule has 4 heterocycles. The highest BCUT2D eigenvalue weighted by Crippen LogP contribution is 2.52. The molecule has 2 amide bonds. The molecule has 6 heteroatoms. The van der Waals surface area contributed by atoms with Crippen LogP contribution >= 0.6 is 0 Å². The highest BCUT2D eigenvalue weighted by atomic mass is 16.5. The number of fused-ring (bicyclic) bond motifs is 1. The van der Waals surface area contributed by atoms with E-state index < -0.39 is 17.4 Å². The molecule has 30 heavy (non-hydrogen) atoms. The Hall–Kier alpha value is -2.86. The van der Waals surface area contributed by atoms with E-state index in [0.29, 0.717) is 19.6 Å². The van der Waals surface area contributed by atoms with Gasteiger partial charge < -0.3 is 19.0 Å². The van der Waals surface area contributed by atoms with Crippen LogP contribution in [0.25, 0.3) is 0 Å². The first-order chi connectivity index (χ1) is 14.4. The van der Waals surface area contributed by atoms with Crippen LogP contribution in [0.4, 0.5) is 0 Å². The standard InChI is InChI=1S/C24H26N2O4/c1-15-4-5-17(10-16(15)2)12-26-14-24-8-6-19(30-24)20(21(24)23(26)28)22(27)25(3)11-18-7-9-29-13-18/h4-10,13,19-21H,11-12,14H2,1-3H3/t19-,20+,21+,24-/m0/s1. The van der Waals surface area contributed by atoms with Crippen molar-refractivity contribution < 1.29 is 18.7 Å². The fourth-order valence-corrected chi connectivity index (χ4v) is 5.11. The first-order valence-corrected chi connectivity index (χ1v) is 10.4. The van der Waals surface area contributed by atoms with Crippen LogP contribution < -0.4 is 0 Å². The number of furan rings is 1. The summed E-state index contributed by atoms with van der Waals surface area (Å²) < 4.78 is 11.4. The van der Waals surface area contributed by atoms with E-state index in [1.54, 1.807) is 24.5 Å². The largest absolute Gasteiger partial charge is 0.472 e. The second-order valence-electron chi connectivity index (χ2n) is 8.84. The molecule has 6 nitrogen and oxygen atoms in total. The van der Waals surface area contributed by atoms with Crippen molar-refractivity contribution in [3.63, 3.8) is 0 Å². The van der Waals surface area contributed by atoms with Crippen LogP contribution in [0.3, 0.4) is 0 Å². The van der Waals surface area contributed by atoms with E-state index in [1.165, 1.54) is 11.1 Å². The zero-order chi connectivity index (χ0) is 21.0. The fraction of sp³-hybridized carbons (Fsp3) is 0.417. The van der Waals surface area contributed by atoms with Gasteiger partial charge in [-0.15, -0.1) is 0 Å². The highest BCUT2D eigenvalue weighted by Gasteiger charge is 2.67. The van der Waals surface area contributed by atoms with Crippen molar-refractivity contribution in [2.75, 3.05) is 13.6 Å². The molecule has 0 N–H and O–H groups in total. The summed E-state index contributed by atoms with van der Waals surface area (Å²) in [5, 5.41) is 0. The monoisotopic (exact) mass is 406 g/mol. The number of rotatable bonds is 5. The molecule has 1 aromatic carbocycles. The minimum Gasteiger partial charge on any atom is -0.472 e. The van der Waals surface area contributed by atoms with Crippen LogP contribution in [0.2, 0.25) is 0 Å². The van der Waals surface area contributed by atoms with Crippen molar-refractivity contribution in [1.29, 1.82) is 0 Å². The summed E-state index contributed by atoms with van der Waals surface area (Å²) in [4.78, 5) is 30.2. The summed E-state index contributed by atoms with van der Waals surface area (Å²) >= 11 is 0. The molecule has 0 aliphatic carbocycles. The molecular formula is C24H26N2O4. The van der Waals surface area contributed by atoms with Gasteiger partial charge in [-0.25, -0.2) is 0 Å². The third kappa shape index (κ3) is 2.89. The van der Waals surface area contributed by atoms with Gasteiger partial charge in [-0.2, -0.15) is 0 Å². The predicted molar refractivity (Wildman–Crippen MR) is 110 cm³/mol. The van der Waals surface area contributed by atoms with Crippen LogP contribution in [0.5, 0.6) is 0 Å². The smallest absolute Gasteiger partial charge is 0.230 e. The molecule has 2 aromatic rings. The molecule has 0 unspecified atom stereocenters. The van der Waals surface area contributed by atoms with E-state index in [2.05, 4.69) is 32.0 Å². The molecule has 1 aromatic heterocycles. The second kappa shape index (κ2) is 6.84. The lowest BCUT2D eigenvalue weighted by Crippen LogP contribution is -2.44. The molecule has 3 aliphatic rings. The van der Waals surface area contributed by atoms with Gasteiger partial charge in [0.25, 0.3) is 0 Å². The Bertz CT molecular complexity index is 1030. The molecular weight excluding hydrogens is 380 g/mol. The number of carbonyl (C=O) groups is 2. The van der Waals surface area contributed by atoms with Crippen LogP contribution in [0, 0.1) is 25.7 Å². The van der Waals surface area contributed by atoms with Crippen LogP contribution in [-0.4, -0.2) is 46.9 Å². The number of hydrogen-bond donors (Lipinski definition) is 0. The molecule has 2 bridgehead atoms. The lowest BCUT2D eigenvalue weighted by Gasteiger charge is -2.27. The number of benzene rings is 1. The summed E-state index contributed by atoms with van der Waals surface area (Å²) in [5.41, 5.74) is 3.79. The number of amides is 2. The zero-order valence-corrected chi connectivity index (χ0v) is 17.5. The van der Waals surface area contributed by atoms with Gasteiger partial charge in [0.15, 0.2) is 0 Å². The minimum atomic E-state index is -0.682. The minimum absolute atomic E-state index is 0.00939. The Morgan fingerprint density at radius 3 is 2.80 bits per heavy atom. The molecule has 4 atom stereocenters. The maximum atomic E-state index is 13.4. The van der Waals surface area contributed by atoms with Crippen molar-refractivity contribution >= 4 is 11.8 Å². The van der Waals surface area contributed by atoms with Crippen molar-refractivity contribution in [3.8, 4) is 0 Å². The van der Waals surface area contributed by atoms with Gasteiger partial charge in [0.05, 0.1) is 37.0 Å². The van der Waals surface area contributed by atoms with E-state index in [9.17, 15) is 9.59 Å². The van der Waals surface area contributed by atoms with Crippen LogP contribution in [-0.2, 0) is 27.4 Å². The van der Waals surface area contributed by atoms with E-state index in [1.807, 2.05) is 23.1 Å². The summed E-state index contributed by atoms with van der Waals surface area (Å²) in [7, 11) is 1.77. The average Bonchev–Trinajstić information content (AvgIpc) is 3.47. The van der Waals surface area contributed by atoms with Gasteiger partial charge in [-0.05, 0) is 36.6 Å². The maximum absolute atomic E-state index is 13.4. The molecule has 5 rings (SSSR count). The van der Waals surface area contributed by atoms with Crippen LogP contribution in [0.15, 0.2) is 53.4 Å². The molecule has 0 radical (unpaired) electrons. The number of hydrogen-bond acceptors (Lipinski definition) is 4. The number of aryl methyl sites for hydroxylation is 2. The van der Waals surface area contributed by atoms with E-state index in [-0.39, 0.29) is 17.9 Å². The first kappa shape index (κ1) is 19.1. The van der Waals surface area contributed by atoms with E-state index in [4.69, 9.17) is 9.15 Å². The Morgan fingerprint density at radius 1 is 1.23 bits per heavy atom. The highest BCUT2D eigenvalue weighted by molar-refractivity contribution is 5.93. The van der Waals surface area contributed by atoms with Gasteiger partial charge in [0, 0.05) is 25.7 Å². The summed E-state index contributed by atoms with van der Waals surface area (Å²) in [6.07, 6.45) is 6.85. The quantitative estimate of drug-likeness (QED) is 0.717. The molecule has 0 saturated carbocycles. The number of nitrogens with zero attached hydrogens (tertiary/aromatic N) is 2. The molecule has 2 saturated heterocycles. The number of likely N-dealkylation sites (tertiary alicyclic amines) is 1. The number of ether oxygens (including phenoxy) is 1. The Balaban J connectivity index is 1.36. The summed E-state index contributed by atoms with van der Waals surface area (Å²) in [5.74, 6) is -0.989. The van der Waals surface area contributed by atoms with Crippen molar-refractivity contribution in [2.45, 2.75) is 38.6 Å². The molecule has 156 valence electrons. The SMILES string of the molecule is Cc1ccc(CN2C[C@]34C=C[C@H](O3)[C@@H](C(=O)N(C)Cc3ccoc3)[C@@H]4C2=O)cc1C. The van der Waals surface area contributed by atoms with Gasteiger partial charge in [-0.3, -0.25) is 9.59 Å². The molecule has 1 spiro atoms. The van der Waals surface area contributed by atoms with E-state index in [0.717, 1.165) is 11.1 Å². The Kier molecular flexibility index (Phi) is 4.36. The van der Waals surface area contributed by atoms with Crippen LogP contribution in [0.1, 0.15) is 22.3 Å². The van der Waals surface area contributed by atoms with Gasteiger partial charge in [0.2, 0.25) is 11.8 Å². The Morgan fingerprint density at radius 2 is 2.07 bits per heavy atom. The predicted octanol–water partition coefficient (Wildman–Crippen LogP) is 2.84. The summed E-state index contributed by atoms with van der Waals surface area (Å²) in [6, 6.07) is 8.12. The lowest BCUT2D eigenvalue weighted by molar-refractivity contribution is -0.142. The topological polar surface area (TPSA) is 63.0 Å². The summed E-state index contributed by atoms with van der Waals surface area (Å²) in [6.45, 7) is 5.63. The molecule has 3 aliphatic heterocycles. The van der Waals surface area contributed by atoms with Crippen molar-refractivity contribution in [1.82, 2.24) is 9.80 Å². The third-order valence-corrected chi connectivity index (χ3v) is 6.78. The lowest BCUT2D eigenvalue weighted by atomic mass is 9.76. The normalized spacial score (nSPS) is 29.0. The first-order valence-electron chi connectivity index (χ1n) is 10.4. The van der Waals surface area contributed by atoms with Crippen molar-refractivity contribution in [3.05, 3.63) is 71.2 Å². The third-order valence-electron chi connectivity index (χ3n) is 6.78. The van der Waals surface area contributed by atoms with Gasteiger partial charge in [-0.1, -0.05) is 30.4 Å². The van der Waals surface area contributed by atoms with E-state index >= 15 is 0 Å². The second-order valence-corrected chi connectivity index (χ2v) is 8.84. The fourth-order valence-electron chi connectivity index (χ4n) is 5.11. The molecule has 2 fully saturated rings. The van der Waals surface area contributed by atoms with Crippen molar-refractivity contribution in [2.24, 2.45) is 11.8 Å². The zero-order valence-electron chi connectivity index (χ0n) is 17.5. The maximum Gasteiger partial charge on any atom is 0.230 e. The Labute approximate surface area is 176 Å². The average molecular weight is 406 g/mol.